The molecule has 0 aromatic carbocycles. The molecule has 0 atom stereocenters. The van der Waals surface area contributed by atoms with Crippen LogP contribution in [0.2, 0.25) is 0 Å². The molecule has 0 spiro atoms. The maximum atomic E-state index is 5.49. The number of rotatable bonds is 3. The second-order valence-corrected chi connectivity index (χ2v) is 3.54. The highest BCUT2D eigenvalue weighted by molar-refractivity contribution is 7.81. The predicted molar refractivity (Wildman–Crippen MR) is 52.0 cm³/mol. The Kier molecular flexibility index (Phi) is 2.96. The molecule has 0 aliphatic heterocycles. The number of hydrogen-bond donors (Lipinski definition) is 1. The van der Waals surface area contributed by atoms with E-state index in [1.54, 1.807) is 5.51 Å². The summed E-state index contributed by atoms with van der Waals surface area (Å²) in [4.78, 5) is 5.62. The summed E-state index contributed by atoms with van der Waals surface area (Å²) in [5.41, 5.74) is 8.33. The van der Waals surface area contributed by atoms with Crippen LogP contribution in [-0.2, 0) is 6.42 Å². The molecular formula is C7H10N2S2. The van der Waals surface area contributed by atoms with Crippen LogP contribution in [-0.4, -0.2) is 9.97 Å². The van der Waals surface area contributed by atoms with Gasteiger partial charge in [-0.05, 0) is 6.42 Å². The molecule has 0 unspecified atom stereocenters. The summed E-state index contributed by atoms with van der Waals surface area (Å²) in [7, 11) is 0. The van der Waals surface area contributed by atoms with Crippen molar-refractivity contribution >= 4 is 28.5 Å². The Morgan fingerprint density at radius 1 is 1.82 bits per heavy atom. The molecule has 4 heteroatoms. The first kappa shape index (κ1) is 8.62. The molecule has 0 saturated carbocycles. The minimum atomic E-state index is 0.468. The number of nitrogens with two attached hydrogens (primary N) is 1. The molecule has 1 aromatic heterocycles. The van der Waals surface area contributed by atoms with Gasteiger partial charge in [0.15, 0.2) is 0 Å². The van der Waals surface area contributed by atoms with E-state index in [4.69, 9.17) is 18.0 Å². The Morgan fingerprint density at radius 2 is 2.55 bits per heavy atom. The average Bonchev–Trinajstić information content (AvgIpc) is 2.36. The summed E-state index contributed by atoms with van der Waals surface area (Å²) in [5.74, 6) is 0. The Balaban J connectivity index is 2.87. The lowest BCUT2D eigenvalue weighted by atomic mass is 10.2. The lowest BCUT2D eigenvalue weighted by Gasteiger charge is -1.96. The Labute approximate surface area is 75.4 Å². The number of nitrogens with zero attached hydrogens (tertiary/aromatic N) is 1. The van der Waals surface area contributed by atoms with E-state index in [-0.39, 0.29) is 0 Å². The first-order valence-electron chi connectivity index (χ1n) is 3.48. The van der Waals surface area contributed by atoms with E-state index in [9.17, 15) is 0 Å². The van der Waals surface area contributed by atoms with E-state index in [1.807, 2.05) is 0 Å². The van der Waals surface area contributed by atoms with E-state index in [0.29, 0.717) is 4.99 Å². The Hall–Kier alpha value is -0.480. The fourth-order valence-electron chi connectivity index (χ4n) is 0.884. The molecule has 2 nitrogen and oxygen atoms in total. The molecule has 1 rings (SSSR count). The molecule has 1 aromatic rings. The van der Waals surface area contributed by atoms with Crippen LogP contribution >= 0.6 is 23.6 Å². The minimum absolute atomic E-state index is 0.468. The van der Waals surface area contributed by atoms with Crippen LogP contribution in [0, 0.1) is 0 Å². The minimum Gasteiger partial charge on any atom is -0.389 e. The molecule has 11 heavy (non-hydrogen) atoms. The maximum Gasteiger partial charge on any atom is 0.116 e. The second kappa shape index (κ2) is 3.78. The summed E-state index contributed by atoms with van der Waals surface area (Å²) in [6.45, 7) is 2.11. The zero-order valence-corrected chi connectivity index (χ0v) is 7.97. The standard InChI is InChI=1S/C7H10N2S2/c1-2-3-5-6(7(8)10)11-4-9-5/h4H,2-3H2,1H3,(H2,8,10). The van der Waals surface area contributed by atoms with E-state index in [2.05, 4.69) is 11.9 Å². The normalized spacial score (nSPS) is 9.91. The lowest BCUT2D eigenvalue weighted by molar-refractivity contribution is 0.891. The van der Waals surface area contributed by atoms with Crippen molar-refractivity contribution in [3.8, 4) is 0 Å². The fourth-order valence-corrected chi connectivity index (χ4v) is 1.84. The van der Waals surface area contributed by atoms with Gasteiger partial charge in [0.25, 0.3) is 0 Å². The zero-order valence-electron chi connectivity index (χ0n) is 6.33. The number of thiocarbonyl (C=S) groups is 1. The van der Waals surface area contributed by atoms with Gasteiger partial charge in [-0.25, -0.2) is 4.98 Å². The summed E-state index contributed by atoms with van der Waals surface area (Å²) < 4.78 is 0. The fraction of sp³-hybridized carbons (Fsp3) is 0.429. The molecular weight excluding hydrogens is 176 g/mol. The van der Waals surface area contributed by atoms with Gasteiger partial charge in [0.1, 0.15) is 4.99 Å². The van der Waals surface area contributed by atoms with Gasteiger partial charge in [0, 0.05) is 0 Å². The van der Waals surface area contributed by atoms with Crippen LogP contribution in [0.1, 0.15) is 23.9 Å². The van der Waals surface area contributed by atoms with Gasteiger partial charge in [-0.3, -0.25) is 0 Å². The van der Waals surface area contributed by atoms with Gasteiger partial charge in [0.2, 0.25) is 0 Å². The van der Waals surface area contributed by atoms with E-state index in [0.717, 1.165) is 23.4 Å². The SMILES string of the molecule is CCCc1ncsc1C(N)=S. The molecule has 0 fully saturated rings. The third kappa shape index (κ3) is 1.97. The van der Waals surface area contributed by atoms with E-state index < -0.39 is 0 Å². The van der Waals surface area contributed by atoms with Crippen molar-refractivity contribution in [1.29, 1.82) is 0 Å². The number of hydrogen-bond acceptors (Lipinski definition) is 3. The highest BCUT2D eigenvalue weighted by Crippen LogP contribution is 2.14. The summed E-state index contributed by atoms with van der Waals surface area (Å²) in [6.07, 6.45) is 2.05. The van der Waals surface area contributed by atoms with Crippen LogP contribution < -0.4 is 5.73 Å². The van der Waals surface area contributed by atoms with Crippen molar-refractivity contribution in [2.75, 3.05) is 0 Å². The summed E-state index contributed by atoms with van der Waals surface area (Å²) >= 11 is 6.39. The molecule has 1 heterocycles. The molecule has 60 valence electrons. The van der Waals surface area contributed by atoms with Crippen LogP contribution in [0.15, 0.2) is 5.51 Å². The monoisotopic (exact) mass is 186 g/mol. The number of thiazole rings is 1. The van der Waals surface area contributed by atoms with E-state index in [1.165, 1.54) is 11.3 Å². The van der Waals surface area contributed by atoms with Gasteiger partial charge in [-0.15, -0.1) is 11.3 Å². The third-order valence-electron chi connectivity index (χ3n) is 1.35. The van der Waals surface area contributed by atoms with Gasteiger partial charge >= 0.3 is 0 Å². The van der Waals surface area contributed by atoms with Gasteiger partial charge < -0.3 is 5.73 Å². The van der Waals surface area contributed by atoms with Gasteiger partial charge in [-0.2, -0.15) is 0 Å². The molecule has 0 amide bonds. The predicted octanol–water partition coefficient (Wildman–Crippen LogP) is 1.73. The zero-order chi connectivity index (χ0) is 8.27. The smallest absolute Gasteiger partial charge is 0.116 e. The van der Waals surface area contributed by atoms with Gasteiger partial charge in [0.05, 0.1) is 16.1 Å². The van der Waals surface area contributed by atoms with Crippen LogP contribution in [0.5, 0.6) is 0 Å². The topological polar surface area (TPSA) is 38.9 Å². The molecule has 0 radical (unpaired) electrons. The van der Waals surface area contributed by atoms with Gasteiger partial charge in [-0.1, -0.05) is 25.6 Å². The van der Waals surface area contributed by atoms with Crippen molar-refractivity contribution < 1.29 is 0 Å². The maximum absolute atomic E-state index is 5.49. The largest absolute Gasteiger partial charge is 0.389 e. The van der Waals surface area contributed by atoms with Crippen LogP contribution in [0.25, 0.3) is 0 Å². The molecule has 0 saturated heterocycles. The summed E-state index contributed by atoms with van der Waals surface area (Å²) in [6, 6.07) is 0. The van der Waals surface area contributed by atoms with Crippen molar-refractivity contribution in [3.05, 3.63) is 16.1 Å². The van der Waals surface area contributed by atoms with E-state index >= 15 is 0 Å². The number of aryl methyl sites for hydroxylation is 1. The quantitative estimate of drug-likeness (QED) is 0.731. The second-order valence-electron chi connectivity index (χ2n) is 2.24. The highest BCUT2D eigenvalue weighted by atomic mass is 32.1. The molecule has 0 bridgehead atoms. The van der Waals surface area contributed by atoms with Crippen molar-refractivity contribution in [2.45, 2.75) is 19.8 Å². The highest BCUT2D eigenvalue weighted by Gasteiger charge is 2.06. The third-order valence-corrected chi connectivity index (χ3v) is 2.59. The molecule has 2 N–H and O–H groups in total. The first-order chi connectivity index (χ1) is 5.25. The molecule has 0 aliphatic rings. The van der Waals surface area contributed by atoms with Crippen molar-refractivity contribution in [1.82, 2.24) is 4.98 Å². The van der Waals surface area contributed by atoms with Crippen molar-refractivity contribution in [2.24, 2.45) is 5.73 Å². The number of aromatic nitrogens is 1. The Bertz CT molecular complexity index is 255. The Morgan fingerprint density at radius 3 is 3.09 bits per heavy atom. The first-order valence-corrected chi connectivity index (χ1v) is 4.76. The summed E-state index contributed by atoms with van der Waals surface area (Å²) in [5, 5.41) is 0. The van der Waals surface area contributed by atoms with Crippen molar-refractivity contribution in [3.63, 3.8) is 0 Å². The average molecular weight is 186 g/mol. The lowest BCUT2D eigenvalue weighted by Crippen LogP contribution is -2.09. The molecule has 0 aliphatic carbocycles. The van der Waals surface area contributed by atoms with Crippen LogP contribution in [0.4, 0.5) is 0 Å². The van der Waals surface area contributed by atoms with Crippen LogP contribution in [0.3, 0.4) is 0 Å².